The summed E-state index contributed by atoms with van der Waals surface area (Å²) in [5, 5.41) is 4.12. The molecule has 0 amide bonds. The minimum Gasteiger partial charge on any atom is -0.483 e. The van der Waals surface area contributed by atoms with E-state index < -0.39 is 0 Å². The first-order chi connectivity index (χ1) is 10.1. The number of nitrogen functional groups attached to an aromatic ring is 1. The van der Waals surface area contributed by atoms with E-state index in [1.54, 1.807) is 0 Å². The van der Waals surface area contributed by atoms with Gasteiger partial charge in [0.1, 0.15) is 11.4 Å². The van der Waals surface area contributed by atoms with E-state index in [1.165, 1.54) is 11.3 Å². The van der Waals surface area contributed by atoms with Crippen LogP contribution >= 0.6 is 11.3 Å². The van der Waals surface area contributed by atoms with Gasteiger partial charge >= 0.3 is 0 Å². The first-order valence-corrected chi connectivity index (χ1v) is 8.19. The lowest BCUT2D eigenvalue weighted by atomic mass is 9.95. The van der Waals surface area contributed by atoms with Gasteiger partial charge < -0.3 is 15.8 Å². The van der Waals surface area contributed by atoms with E-state index in [0.717, 1.165) is 47.0 Å². The van der Waals surface area contributed by atoms with Crippen LogP contribution in [-0.2, 0) is 0 Å². The van der Waals surface area contributed by atoms with Gasteiger partial charge in [-0.2, -0.15) is 0 Å². The number of fused-ring (bicyclic) bond motifs is 1. The van der Waals surface area contributed by atoms with Crippen molar-refractivity contribution in [2.45, 2.75) is 39.2 Å². The number of nitrogens with zero attached hydrogens (tertiary/aromatic N) is 1. The molecule has 0 fully saturated rings. The summed E-state index contributed by atoms with van der Waals surface area (Å²) in [6.07, 6.45) is 2.00. The molecule has 3 rings (SSSR count). The second-order valence-corrected chi connectivity index (χ2v) is 6.75. The van der Waals surface area contributed by atoms with Crippen molar-refractivity contribution in [2.24, 2.45) is 0 Å². The molecule has 0 spiro atoms. The van der Waals surface area contributed by atoms with Gasteiger partial charge in [-0.3, -0.25) is 0 Å². The fourth-order valence-corrected chi connectivity index (χ4v) is 3.47. The molecule has 0 unspecified atom stereocenters. The monoisotopic (exact) mass is 303 g/mol. The number of aryl methyl sites for hydroxylation is 1. The topological polar surface area (TPSA) is 60.2 Å². The smallest absolute Gasteiger partial charge is 0.180 e. The lowest BCUT2D eigenvalue weighted by Gasteiger charge is -2.38. The predicted molar refractivity (Wildman–Crippen MR) is 89.1 cm³/mol. The van der Waals surface area contributed by atoms with Gasteiger partial charge in [0, 0.05) is 10.4 Å². The average Bonchev–Trinajstić information content (AvgIpc) is 2.85. The fourth-order valence-electron chi connectivity index (χ4n) is 2.76. The normalized spacial score (nSPS) is 16.0. The number of thiazole rings is 1. The maximum absolute atomic E-state index is 6.24. The maximum atomic E-state index is 6.24. The molecule has 1 aromatic carbocycles. The van der Waals surface area contributed by atoms with E-state index in [1.807, 2.05) is 13.0 Å². The maximum Gasteiger partial charge on any atom is 0.180 e. The second kappa shape index (κ2) is 5.22. The number of benzene rings is 1. The Hall–Kier alpha value is -1.75. The van der Waals surface area contributed by atoms with Crippen LogP contribution in [0.3, 0.4) is 0 Å². The van der Waals surface area contributed by atoms with Gasteiger partial charge in [-0.15, -0.1) is 11.3 Å². The Morgan fingerprint density at radius 3 is 2.76 bits per heavy atom. The molecule has 0 saturated carbocycles. The van der Waals surface area contributed by atoms with Crippen molar-refractivity contribution in [3.63, 3.8) is 0 Å². The summed E-state index contributed by atoms with van der Waals surface area (Å²) in [5.74, 6) is 0.926. The Bertz CT molecular complexity index is 662. The SMILES string of the molecule is CCC1(CC)CNc2cc(-c3nc(N)sc3C)ccc2O1. The third-order valence-corrected chi connectivity index (χ3v) is 5.08. The number of anilines is 2. The Morgan fingerprint density at radius 2 is 2.14 bits per heavy atom. The zero-order valence-corrected chi connectivity index (χ0v) is 13.5. The summed E-state index contributed by atoms with van der Waals surface area (Å²) in [4.78, 5) is 5.56. The van der Waals surface area contributed by atoms with Crippen molar-refractivity contribution in [2.75, 3.05) is 17.6 Å². The van der Waals surface area contributed by atoms with E-state index in [0.29, 0.717) is 5.13 Å². The van der Waals surface area contributed by atoms with Crippen molar-refractivity contribution in [3.8, 4) is 17.0 Å². The van der Waals surface area contributed by atoms with E-state index in [4.69, 9.17) is 10.5 Å². The van der Waals surface area contributed by atoms with Crippen LogP contribution in [0.25, 0.3) is 11.3 Å². The summed E-state index contributed by atoms with van der Waals surface area (Å²) in [6.45, 7) is 7.23. The first kappa shape index (κ1) is 14.2. The molecule has 1 aliphatic rings. The highest BCUT2D eigenvalue weighted by Gasteiger charge is 2.33. The highest BCUT2D eigenvalue weighted by atomic mass is 32.1. The summed E-state index contributed by atoms with van der Waals surface area (Å²) in [5.41, 5.74) is 8.79. The van der Waals surface area contributed by atoms with Gasteiger partial charge in [0.15, 0.2) is 5.13 Å². The van der Waals surface area contributed by atoms with E-state index >= 15 is 0 Å². The molecule has 1 aliphatic heterocycles. The molecule has 2 aromatic rings. The molecule has 1 aromatic heterocycles. The van der Waals surface area contributed by atoms with E-state index in [9.17, 15) is 0 Å². The molecule has 112 valence electrons. The van der Waals surface area contributed by atoms with Crippen LogP contribution in [0.15, 0.2) is 18.2 Å². The largest absolute Gasteiger partial charge is 0.483 e. The van der Waals surface area contributed by atoms with Crippen LogP contribution in [0, 0.1) is 6.92 Å². The zero-order chi connectivity index (χ0) is 15.0. The fraction of sp³-hybridized carbons (Fsp3) is 0.438. The van der Waals surface area contributed by atoms with Gasteiger partial charge in [-0.1, -0.05) is 13.8 Å². The molecule has 0 aliphatic carbocycles. The summed E-state index contributed by atoms with van der Waals surface area (Å²) in [6, 6.07) is 6.20. The van der Waals surface area contributed by atoms with Gasteiger partial charge in [0.25, 0.3) is 0 Å². The van der Waals surface area contributed by atoms with Crippen LogP contribution in [0.5, 0.6) is 5.75 Å². The van der Waals surface area contributed by atoms with E-state index in [2.05, 4.69) is 36.3 Å². The average molecular weight is 303 g/mol. The third-order valence-electron chi connectivity index (χ3n) is 4.28. The number of aromatic nitrogens is 1. The summed E-state index contributed by atoms with van der Waals surface area (Å²) >= 11 is 1.52. The molecule has 3 N–H and O–H groups in total. The minimum absolute atomic E-state index is 0.0878. The molecule has 4 nitrogen and oxygen atoms in total. The molecule has 0 bridgehead atoms. The number of nitrogens with two attached hydrogens (primary N) is 1. The number of nitrogens with one attached hydrogen (secondary N) is 1. The van der Waals surface area contributed by atoms with Gasteiger partial charge in [0.05, 0.1) is 17.9 Å². The third kappa shape index (κ3) is 2.46. The van der Waals surface area contributed by atoms with Crippen LogP contribution in [-0.4, -0.2) is 17.1 Å². The zero-order valence-electron chi connectivity index (χ0n) is 12.7. The minimum atomic E-state index is -0.0878. The molecule has 2 heterocycles. The Labute approximate surface area is 129 Å². The van der Waals surface area contributed by atoms with E-state index in [-0.39, 0.29) is 5.60 Å². The van der Waals surface area contributed by atoms with Crippen LogP contribution in [0.1, 0.15) is 31.6 Å². The number of rotatable bonds is 3. The lowest BCUT2D eigenvalue weighted by molar-refractivity contribution is 0.0671. The molecule has 5 heteroatoms. The highest BCUT2D eigenvalue weighted by molar-refractivity contribution is 7.15. The Balaban J connectivity index is 1.96. The molecular formula is C16H21N3OS. The second-order valence-electron chi connectivity index (χ2n) is 5.51. The molecule has 0 saturated heterocycles. The Morgan fingerprint density at radius 1 is 1.38 bits per heavy atom. The Kier molecular flexibility index (Phi) is 3.53. The molecule has 21 heavy (non-hydrogen) atoms. The van der Waals surface area contributed by atoms with Gasteiger partial charge in [-0.25, -0.2) is 4.98 Å². The van der Waals surface area contributed by atoms with Gasteiger partial charge in [-0.05, 0) is 38.0 Å². The molecule has 0 atom stereocenters. The number of ether oxygens (including phenoxy) is 1. The van der Waals surface area contributed by atoms with Crippen molar-refractivity contribution in [1.82, 2.24) is 4.98 Å². The quantitative estimate of drug-likeness (QED) is 0.897. The number of hydrogen-bond acceptors (Lipinski definition) is 5. The highest BCUT2D eigenvalue weighted by Crippen LogP contribution is 2.39. The van der Waals surface area contributed by atoms with Crippen molar-refractivity contribution < 1.29 is 4.74 Å². The van der Waals surface area contributed by atoms with Crippen molar-refractivity contribution in [1.29, 1.82) is 0 Å². The van der Waals surface area contributed by atoms with Crippen LogP contribution in [0.2, 0.25) is 0 Å². The summed E-state index contributed by atoms with van der Waals surface area (Å²) in [7, 11) is 0. The molecule has 0 radical (unpaired) electrons. The lowest BCUT2D eigenvalue weighted by Crippen LogP contribution is -2.44. The number of hydrogen-bond donors (Lipinski definition) is 2. The van der Waals surface area contributed by atoms with Crippen molar-refractivity contribution >= 4 is 22.2 Å². The van der Waals surface area contributed by atoms with Crippen LogP contribution < -0.4 is 15.8 Å². The first-order valence-electron chi connectivity index (χ1n) is 7.37. The standard InChI is InChI=1S/C16H21N3OS/c1-4-16(5-2)9-18-12-8-11(6-7-13(12)20-16)14-10(3)21-15(17)19-14/h6-8,18H,4-5,9H2,1-3H3,(H2,17,19). The van der Waals surface area contributed by atoms with Crippen molar-refractivity contribution in [3.05, 3.63) is 23.1 Å². The van der Waals surface area contributed by atoms with Crippen LogP contribution in [0.4, 0.5) is 10.8 Å². The van der Waals surface area contributed by atoms with Gasteiger partial charge in [0.2, 0.25) is 0 Å². The molecular weight excluding hydrogens is 282 g/mol. The summed E-state index contributed by atoms with van der Waals surface area (Å²) < 4.78 is 6.24. The predicted octanol–water partition coefficient (Wildman–Crippen LogP) is 4.06.